The lowest BCUT2D eigenvalue weighted by atomic mass is 10.1. The molecule has 1 atom stereocenters. The third kappa shape index (κ3) is 1.72. The lowest BCUT2D eigenvalue weighted by Crippen LogP contribution is -2.35. The van der Waals surface area contributed by atoms with Crippen LogP contribution in [0.1, 0.15) is 24.9 Å². The lowest BCUT2D eigenvalue weighted by molar-refractivity contribution is 0.449. The van der Waals surface area contributed by atoms with Crippen molar-refractivity contribution in [1.29, 1.82) is 0 Å². The molecule has 1 unspecified atom stereocenters. The van der Waals surface area contributed by atoms with Gasteiger partial charge in [0.2, 0.25) is 0 Å². The van der Waals surface area contributed by atoms with E-state index in [1.165, 1.54) is 0 Å². The predicted molar refractivity (Wildman–Crippen MR) is 67.6 cm³/mol. The van der Waals surface area contributed by atoms with Crippen molar-refractivity contribution in [3.63, 3.8) is 0 Å². The summed E-state index contributed by atoms with van der Waals surface area (Å²) in [7, 11) is 0. The van der Waals surface area contributed by atoms with E-state index >= 15 is 0 Å². The van der Waals surface area contributed by atoms with Crippen LogP contribution in [0.5, 0.6) is 0 Å². The van der Waals surface area contributed by atoms with E-state index < -0.39 is 0 Å². The van der Waals surface area contributed by atoms with Gasteiger partial charge in [-0.15, -0.1) is 11.8 Å². The molecule has 0 spiro atoms. The van der Waals surface area contributed by atoms with Gasteiger partial charge in [-0.05, 0) is 26.0 Å². The fourth-order valence-electron chi connectivity index (χ4n) is 1.97. The molecule has 0 radical (unpaired) electrons. The van der Waals surface area contributed by atoms with Crippen LogP contribution in [0.15, 0.2) is 30.6 Å². The molecule has 1 aliphatic heterocycles. The number of imidazole rings is 1. The van der Waals surface area contributed by atoms with Crippen LogP contribution in [-0.4, -0.2) is 20.7 Å². The highest BCUT2D eigenvalue weighted by atomic mass is 32.2. The molecular weight excluding hydrogens is 218 g/mol. The first-order valence-electron chi connectivity index (χ1n) is 5.47. The topological polar surface area (TPSA) is 29.3 Å². The van der Waals surface area contributed by atoms with Crippen LogP contribution >= 0.6 is 11.8 Å². The first-order chi connectivity index (χ1) is 7.64. The van der Waals surface area contributed by atoms with Gasteiger partial charge in [-0.1, -0.05) is 6.07 Å². The number of thioether (sulfide) groups is 1. The number of fused-ring (bicyclic) bond motifs is 1. The van der Waals surface area contributed by atoms with Gasteiger partial charge in [-0.2, -0.15) is 0 Å². The Bertz CT molecular complexity index is 485. The van der Waals surface area contributed by atoms with Gasteiger partial charge < -0.3 is 4.40 Å². The Kier molecular flexibility index (Phi) is 2.23. The van der Waals surface area contributed by atoms with Gasteiger partial charge in [0.05, 0.1) is 11.1 Å². The van der Waals surface area contributed by atoms with E-state index in [1.807, 2.05) is 36.2 Å². The third-order valence-corrected chi connectivity index (χ3v) is 4.36. The predicted octanol–water partition coefficient (Wildman–Crippen LogP) is 2.45. The second-order valence-electron chi connectivity index (χ2n) is 4.85. The number of hydrogen-bond acceptors (Lipinski definition) is 3. The molecule has 0 amide bonds. The summed E-state index contributed by atoms with van der Waals surface area (Å²) in [6.07, 6.45) is 4.15. The SMILES string of the molecule is CC1(C)CSC(c2cn3ccccc3n2)N1. The van der Waals surface area contributed by atoms with Crippen molar-refractivity contribution in [3.05, 3.63) is 36.3 Å². The summed E-state index contributed by atoms with van der Waals surface area (Å²) in [6, 6.07) is 6.08. The zero-order chi connectivity index (χ0) is 11.2. The molecule has 4 heteroatoms. The van der Waals surface area contributed by atoms with Crippen LogP contribution in [-0.2, 0) is 0 Å². The molecule has 1 fully saturated rings. The van der Waals surface area contributed by atoms with Crippen LogP contribution in [0.25, 0.3) is 5.65 Å². The van der Waals surface area contributed by atoms with E-state index in [4.69, 9.17) is 0 Å². The monoisotopic (exact) mass is 233 g/mol. The van der Waals surface area contributed by atoms with Crippen molar-refractivity contribution >= 4 is 17.4 Å². The molecule has 1 saturated heterocycles. The summed E-state index contributed by atoms with van der Waals surface area (Å²) < 4.78 is 2.07. The van der Waals surface area contributed by atoms with Gasteiger partial charge in [0.15, 0.2) is 0 Å². The molecule has 2 aromatic heterocycles. The first-order valence-corrected chi connectivity index (χ1v) is 6.52. The molecule has 84 valence electrons. The van der Waals surface area contributed by atoms with Crippen molar-refractivity contribution in [1.82, 2.24) is 14.7 Å². The molecule has 16 heavy (non-hydrogen) atoms. The minimum Gasteiger partial charge on any atom is -0.307 e. The van der Waals surface area contributed by atoms with Crippen molar-refractivity contribution in [3.8, 4) is 0 Å². The smallest absolute Gasteiger partial charge is 0.137 e. The Labute approximate surface area is 99.3 Å². The summed E-state index contributed by atoms with van der Waals surface area (Å²) in [5, 5.41) is 3.92. The van der Waals surface area contributed by atoms with Crippen molar-refractivity contribution in [2.45, 2.75) is 24.8 Å². The van der Waals surface area contributed by atoms with Gasteiger partial charge in [-0.25, -0.2) is 4.98 Å². The highest BCUT2D eigenvalue weighted by Gasteiger charge is 2.32. The molecule has 2 aromatic rings. The summed E-state index contributed by atoms with van der Waals surface area (Å²) in [4.78, 5) is 4.64. The molecule has 0 bridgehead atoms. The maximum atomic E-state index is 4.64. The average Bonchev–Trinajstić information content (AvgIpc) is 2.80. The summed E-state index contributed by atoms with van der Waals surface area (Å²) in [5.74, 6) is 1.13. The minimum atomic E-state index is 0.213. The molecule has 0 saturated carbocycles. The highest BCUT2D eigenvalue weighted by molar-refractivity contribution is 7.99. The molecule has 0 aromatic carbocycles. The Morgan fingerprint density at radius 1 is 1.50 bits per heavy atom. The molecular formula is C12H15N3S. The number of pyridine rings is 1. The molecule has 3 heterocycles. The summed E-state index contributed by atoms with van der Waals surface area (Å²) in [5.41, 5.74) is 2.36. The van der Waals surface area contributed by atoms with E-state index in [0.29, 0.717) is 5.37 Å². The standard InChI is InChI=1S/C12H15N3S/c1-12(2)8-16-11(14-12)9-7-15-6-4-3-5-10(15)13-9/h3-7,11,14H,8H2,1-2H3. The maximum Gasteiger partial charge on any atom is 0.137 e. The van der Waals surface area contributed by atoms with Crippen LogP contribution in [0.4, 0.5) is 0 Å². The second kappa shape index (κ2) is 3.50. The Morgan fingerprint density at radius 2 is 2.38 bits per heavy atom. The van der Waals surface area contributed by atoms with Crippen molar-refractivity contribution in [2.75, 3.05) is 5.75 Å². The maximum absolute atomic E-state index is 4.64. The average molecular weight is 233 g/mol. The Hall–Kier alpha value is -1.00. The lowest BCUT2D eigenvalue weighted by Gasteiger charge is -2.17. The zero-order valence-corrected chi connectivity index (χ0v) is 10.3. The van der Waals surface area contributed by atoms with Crippen molar-refractivity contribution < 1.29 is 0 Å². The van der Waals surface area contributed by atoms with Crippen LogP contribution in [0.3, 0.4) is 0 Å². The molecule has 1 N–H and O–H groups in total. The van der Waals surface area contributed by atoms with Crippen molar-refractivity contribution in [2.24, 2.45) is 0 Å². The largest absolute Gasteiger partial charge is 0.307 e. The summed E-state index contributed by atoms with van der Waals surface area (Å²) >= 11 is 1.93. The van der Waals surface area contributed by atoms with E-state index in [-0.39, 0.29) is 5.54 Å². The highest BCUT2D eigenvalue weighted by Crippen LogP contribution is 2.36. The molecule has 3 rings (SSSR count). The van der Waals surface area contributed by atoms with Gasteiger partial charge in [0.1, 0.15) is 5.65 Å². The quantitative estimate of drug-likeness (QED) is 0.820. The van der Waals surface area contributed by atoms with Gasteiger partial charge in [-0.3, -0.25) is 5.32 Å². The van der Waals surface area contributed by atoms with E-state index in [1.54, 1.807) is 0 Å². The van der Waals surface area contributed by atoms with Crippen LogP contribution < -0.4 is 5.32 Å². The number of hydrogen-bond donors (Lipinski definition) is 1. The fraction of sp³-hybridized carbons (Fsp3) is 0.417. The van der Waals surface area contributed by atoms with Gasteiger partial charge in [0.25, 0.3) is 0 Å². The molecule has 0 aliphatic carbocycles. The molecule has 1 aliphatic rings. The minimum absolute atomic E-state index is 0.213. The first kappa shape index (κ1) is 10.2. The Morgan fingerprint density at radius 3 is 3.06 bits per heavy atom. The van der Waals surface area contributed by atoms with Crippen LogP contribution in [0.2, 0.25) is 0 Å². The Balaban J connectivity index is 1.95. The van der Waals surface area contributed by atoms with Crippen LogP contribution in [0, 0.1) is 0 Å². The number of aromatic nitrogens is 2. The van der Waals surface area contributed by atoms with E-state index in [2.05, 4.69) is 34.7 Å². The van der Waals surface area contributed by atoms with E-state index in [0.717, 1.165) is 17.1 Å². The number of rotatable bonds is 1. The second-order valence-corrected chi connectivity index (χ2v) is 5.94. The fourth-order valence-corrected chi connectivity index (χ4v) is 3.32. The van der Waals surface area contributed by atoms with Gasteiger partial charge in [0, 0.05) is 23.7 Å². The zero-order valence-electron chi connectivity index (χ0n) is 9.47. The normalized spacial score (nSPS) is 24.0. The number of nitrogens with one attached hydrogen (secondary N) is 1. The third-order valence-electron chi connectivity index (χ3n) is 2.78. The van der Waals surface area contributed by atoms with Gasteiger partial charge >= 0.3 is 0 Å². The summed E-state index contributed by atoms with van der Waals surface area (Å²) in [6.45, 7) is 4.46. The number of nitrogens with zero attached hydrogens (tertiary/aromatic N) is 2. The molecule has 3 nitrogen and oxygen atoms in total. The van der Waals surface area contributed by atoms with E-state index in [9.17, 15) is 0 Å².